The Morgan fingerprint density at radius 1 is 1.24 bits per heavy atom. The Bertz CT molecular complexity index is 481. The molecule has 4 nitrogen and oxygen atoms in total. The van der Waals surface area contributed by atoms with Crippen LogP contribution in [0.4, 0.5) is 0 Å². The molecule has 0 amide bonds. The summed E-state index contributed by atoms with van der Waals surface area (Å²) in [5.74, 6) is 0.218. The van der Waals surface area contributed by atoms with E-state index in [1.165, 1.54) is 0 Å². The highest BCUT2D eigenvalue weighted by molar-refractivity contribution is 7.86. The number of rotatable bonds is 3. The van der Waals surface area contributed by atoms with Crippen molar-refractivity contribution >= 4 is 10.1 Å². The van der Waals surface area contributed by atoms with Gasteiger partial charge in [0, 0.05) is 13.1 Å². The van der Waals surface area contributed by atoms with Crippen LogP contribution >= 0.6 is 0 Å². The van der Waals surface area contributed by atoms with Gasteiger partial charge in [-0.25, -0.2) is 0 Å². The first kappa shape index (κ1) is 12.5. The fourth-order valence-electron chi connectivity index (χ4n) is 1.84. The fourth-order valence-corrected chi connectivity index (χ4v) is 3.00. The van der Waals surface area contributed by atoms with Crippen LogP contribution in [-0.2, 0) is 14.3 Å². The largest absolute Gasteiger partial charge is 0.314 e. The second-order valence-electron chi connectivity index (χ2n) is 4.54. The smallest absolute Gasteiger partial charge is 0.297 e. The molecule has 94 valence electrons. The minimum absolute atomic E-state index is 0.218. The lowest BCUT2D eigenvalue weighted by molar-refractivity contribution is 0.190. The Labute approximate surface area is 102 Å². The third-order valence-electron chi connectivity index (χ3n) is 3.01. The monoisotopic (exact) mass is 255 g/mol. The lowest BCUT2D eigenvalue weighted by Gasteiger charge is -2.15. The van der Waals surface area contributed by atoms with Crippen LogP contribution in [0, 0.1) is 12.8 Å². The average Bonchev–Trinajstić information content (AvgIpc) is 2.64. The van der Waals surface area contributed by atoms with Gasteiger partial charge in [0.2, 0.25) is 0 Å². The fraction of sp³-hybridized carbons (Fsp3) is 0.500. The Morgan fingerprint density at radius 3 is 2.41 bits per heavy atom. The standard InChI is InChI=1S/C12H17NO3S/c1-9-3-5-11(6-4-9)17(14,15)16-12-8-13-7-10(12)2/h3-6,10,12-13H,7-8H2,1-2H3/t10-,12-/m1/s1. The Morgan fingerprint density at radius 2 is 1.88 bits per heavy atom. The van der Waals surface area contributed by atoms with Crippen molar-refractivity contribution in [1.29, 1.82) is 0 Å². The molecular weight excluding hydrogens is 238 g/mol. The summed E-state index contributed by atoms with van der Waals surface area (Å²) in [6, 6.07) is 6.70. The van der Waals surface area contributed by atoms with Crippen molar-refractivity contribution in [2.24, 2.45) is 5.92 Å². The van der Waals surface area contributed by atoms with Crippen LogP contribution in [-0.4, -0.2) is 27.6 Å². The number of hydrogen-bond acceptors (Lipinski definition) is 4. The van der Waals surface area contributed by atoms with Gasteiger partial charge in [-0.1, -0.05) is 24.6 Å². The molecule has 0 unspecified atom stereocenters. The van der Waals surface area contributed by atoms with Crippen LogP contribution in [0.2, 0.25) is 0 Å². The lowest BCUT2D eigenvalue weighted by atomic mass is 10.1. The Balaban J connectivity index is 2.16. The van der Waals surface area contributed by atoms with E-state index in [0.29, 0.717) is 6.54 Å². The van der Waals surface area contributed by atoms with Gasteiger partial charge in [0.25, 0.3) is 10.1 Å². The number of benzene rings is 1. The third kappa shape index (κ3) is 2.86. The van der Waals surface area contributed by atoms with Gasteiger partial charge in [0.1, 0.15) is 0 Å². The molecule has 1 heterocycles. The van der Waals surface area contributed by atoms with Gasteiger partial charge in [0.05, 0.1) is 11.0 Å². The molecule has 0 aliphatic carbocycles. The number of aryl methyl sites for hydroxylation is 1. The van der Waals surface area contributed by atoms with E-state index < -0.39 is 10.1 Å². The van der Waals surface area contributed by atoms with E-state index in [0.717, 1.165) is 12.1 Å². The first-order valence-corrected chi connectivity index (χ1v) is 7.10. The summed E-state index contributed by atoms with van der Waals surface area (Å²) < 4.78 is 29.2. The van der Waals surface area contributed by atoms with E-state index in [1.807, 2.05) is 13.8 Å². The molecule has 5 heteroatoms. The minimum atomic E-state index is -3.63. The second-order valence-corrected chi connectivity index (χ2v) is 6.11. The molecule has 1 aromatic rings. The molecule has 2 atom stereocenters. The molecule has 2 rings (SSSR count). The maximum atomic E-state index is 12.0. The van der Waals surface area contributed by atoms with Crippen molar-refractivity contribution in [3.63, 3.8) is 0 Å². The number of hydrogen-bond donors (Lipinski definition) is 1. The molecule has 1 N–H and O–H groups in total. The van der Waals surface area contributed by atoms with Crippen molar-refractivity contribution in [1.82, 2.24) is 5.32 Å². The summed E-state index contributed by atoms with van der Waals surface area (Å²) in [6.07, 6.45) is -0.263. The molecule has 1 fully saturated rings. The maximum absolute atomic E-state index is 12.0. The molecule has 1 aliphatic rings. The van der Waals surface area contributed by atoms with Gasteiger partial charge in [0.15, 0.2) is 0 Å². The molecule has 0 bridgehead atoms. The molecule has 1 aromatic carbocycles. The van der Waals surface area contributed by atoms with Crippen LogP contribution in [0.1, 0.15) is 12.5 Å². The molecule has 0 aromatic heterocycles. The molecule has 0 spiro atoms. The zero-order chi connectivity index (χ0) is 12.5. The van der Waals surface area contributed by atoms with Crippen molar-refractivity contribution in [3.05, 3.63) is 29.8 Å². The Kier molecular flexibility index (Phi) is 3.51. The highest BCUT2D eigenvalue weighted by Crippen LogP contribution is 2.20. The van der Waals surface area contributed by atoms with E-state index in [4.69, 9.17) is 4.18 Å². The number of nitrogens with one attached hydrogen (secondary N) is 1. The van der Waals surface area contributed by atoms with Crippen LogP contribution < -0.4 is 5.32 Å². The van der Waals surface area contributed by atoms with Crippen molar-refractivity contribution in [2.75, 3.05) is 13.1 Å². The highest BCUT2D eigenvalue weighted by atomic mass is 32.2. The van der Waals surface area contributed by atoms with Gasteiger partial charge in [-0.15, -0.1) is 0 Å². The first-order valence-electron chi connectivity index (χ1n) is 5.70. The third-order valence-corrected chi connectivity index (χ3v) is 4.36. The zero-order valence-corrected chi connectivity index (χ0v) is 10.8. The van der Waals surface area contributed by atoms with E-state index in [1.54, 1.807) is 24.3 Å². The van der Waals surface area contributed by atoms with Gasteiger partial charge in [-0.05, 0) is 25.0 Å². The normalized spacial score (nSPS) is 25.1. The molecule has 0 saturated carbocycles. The van der Waals surface area contributed by atoms with Crippen molar-refractivity contribution < 1.29 is 12.6 Å². The maximum Gasteiger partial charge on any atom is 0.297 e. The quantitative estimate of drug-likeness (QED) is 0.827. The van der Waals surface area contributed by atoms with Crippen LogP contribution in [0.25, 0.3) is 0 Å². The highest BCUT2D eigenvalue weighted by Gasteiger charge is 2.29. The predicted octanol–water partition coefficient (Wildman–Crippen LogP) is 1.31. The van der Waals surface area contributed by atoms with Crippen LogP contribution in [0.15, 0.2) is 29.2 Å². The molecule has 17 heavy (non-hydrogen) atoms. The van der Waals surface area contributed by atoms with Crippen LogP contribution in [0.3, 0.4) is 0 Å². The molecular formula is C12H17NO3S. The topological polar surface area (TPSA) is 55.4 Å². The van der Waals surface area contributed by atoms with Gasteiger partial charge < -0.3 is 5.32 Å². The summed E-state index contributed by atoms with van der Waals surface area (Å²) in [6.45, 7) is 5.29. The van der Waals surface area contributed by atoms with E-state index >= 15 is 0 Å². The molecule has 1 aliphatic heterocycles. The minimum Gasteiger partial charge on any atom is -0.314 e. The van der Waals surface area contributed by atoms with Gasteiger partial charge in [-0.3, -0.25) is 4.18 Å². The SMILES string of the molecule is Cc1ccc(S(=O)(=O)O[C@@H]2CNC[C@H]2C)cc1. The van der Waals surface area contributed by atoms with Crippen molar-refractivity contribution in [2.45, 2.75) is 24.8 Å². The lowest BCUT2D eigenvalue weighted by Crippen LogP contribution is -2.24. The van der Waals surface area contributed by atoms with Gasteiger partial charge >= 0.3 is 0 Å². The van der Waals surface area contributed by atoms with Crippen molar-refractivity contribution in [3.8, 4) is 0 Å². The molecule has 1 saturated heterocycles. The first-order chi connectivity index (χ1) is 7.99. The molecule has 0 radical (unpaired) electrons. The summed E-state index contributed by atoms with van der Waals surface area (Å²) >= 11 is 0. The van der Waals surface area contributed by atoms with Crippen LogP contribution in [0.5, 0.6) is 0 Å². The summed E-state index contributed by atoms with van der Waals surface area (Å²) in [4.78, 5) is 0.224. The second kappa shape index (κ2) is 4.76. The summed E-state index contributed by atoms with van der Waals surface area (Å²) in [7, 11) is -3.63. The summed E-state index contributed by atoms with van der Waals surface area (Å²) in [5, 5.41) is 3.12. The summed E-state index contributed by atoms with van der Waals surface area (Å²) in [5.41, 5.74) is 1.03. The zero-order valence-electron chi connectivity index (χ0n) is 10.0. The van der Waals surface area contributed by atoms with E-state index in [-0.39, 0.29) is 16.9 Å². The van der Waals surface area contributed by atoms with E-state index in [9.17, 15) is 8.42 Å². The Hall–Kier alpha value is -0.910. The predicted molar refractivity (Wildman–Crippen MR) is 65.3 cm³/mol. The average molecular weight is 255 g/mol. The van der Waals surface area contributed by atoms with Gasteiger partial charge in [-0.2, -0.15) is 8.42 Å². The van der Waals surface area contributed by atoms with E-state index in [2.05, 4.69) is 5.32 Å².